The minimum Gasteiger partial charge on any atom is -0.496 e. The van der Waals surface area contributed by atoms with Crippen molar-refractivity contribution >= 4 is 62.1 Å². The fraction of sp³-hybridized carbons (Fsp3) is 0.333. The molecule has 1 heterocycles. The lowest BCUT2D eigenvalue weighted by Crippen LogP contribution is -2.34. The van der Waals surface area contributed by atoms with Gasteiger partial charge in [0.25, 0.3) is 5.91 Å². The number of rotatable bonds is 4. The maximum atomic E-state index is 12.7. The third-order valence-corrected chi connectivity index (χ3v) is 5.78. The first-order valence-corrected chi connectivity index (χ1v) is 11.0. The Hall–Kier alpha value is -1.83. The van der Waals surface area contributed by atoms with Gasteiger partial charge in [-0.15, -0.1) is 0 Å². The molecule has 0 atom stereocenters. The summed E-state index contributed by atoms with van der Waals surface area (Å²) < 4.78 is 6.16. The van der Waals surface area contributed by atoms with Gasteiger partial charge in [0.2, 0.25) is 0 Å². The summed E-state index contributed by atoms with van der Waals surface area (Å²) in [6.45, 7) is 3.92. The van der Waals surface area contributed by atoms with Gasteiger partial charge in [-0.25, -0.2) is 0 Å². The smallest absolute Gasteiger partial charge is 0.261 e. The summed E-state index contributed by atoms with van der Waals surface area (Å²) >= 11 is 15.2. The van der Waals surface area contributed by atoms with Gasteiger partial charge >= 0.3 is 0 Å². The number of anilines is 2. The van der Waals surface area contributed by atoms with Gasteiger partial charge in [0.1, 0.15) is 5.75 Å². The van der Waals surface area contributed by atoms with Crippen LogP contribution in [0, 0.1) is 6.92 Å². The third-order valence-electron chi connectivity index (χ3n) is 4.82. The van der Waals surface area contributed by atoms with Crippen LogP contribution in [-0.4, -0.2) is 31.2 Å². The highest BCUT2D eigenvalue weighted by molar-refractivity contribution is 9.10. The largest absolute Gasteiger partial charge is 0.496 e. The zero-order valence-electron chi connectivity index (χ0n) is 16.4. The van der Waals surface area contributed by atoms with Crippen LogP contribution in [0.3, 0.4) is 0 Å². The Morgan fingerprint density at radius 2 is 1.93 bits per heavy atom. The molecule has 3 rings (SSSR count). The summed E-state index contributed by atoms with van der Waals surface area (Å²) in [5.74, 6) is 0.169. The van der Waals surface area contributed by atoms with Crippen molar-refractivity contribution in [2.24, 2.45) is 0 Å². The van der Waals surface area contributed by atoms with Crippen LogP contribution in [0.15, 0.2) is 34.8 Å². The van der Waals surface area contributed by atoms with Crippen LogP contribution in [0.25, 0.3) is 0 Å². The van der Waals surface area contributed by atoms with Crippen molar-refractivity contribution in [2.75, 3.05) is 30.4 Å². The molecular formula is C21H23BrClN3O2S. The van der Waals surface area contributed by atoms with Crippen LogP contribution in [0.2, 0.25) is 5.02 Å². The summed E-state index contributed by atoms with van der Waals surface area (Å²) in [6.07, 6.45) is 3.64. The second-order valence-electron chi connectivity index (χ2n) is 6.93. The highest BCUT2D eigenvalue weighted by Gasteiger charge is 2.18. The molecule has 2 aromatic rings. The number of amides is 1. The molecule has 29 heavy (non-hydrogen) atoms. The second kappa shape index (κ2) is 9.78. The maximum absolute atomic E-state index is 12.7. The second-order valence-corrected chi connectivity index (χ2v) is 8.66. The van der Waals surface area contributed by atoms with Gasteiger partial charge in [-0.2, -0.15) is 0 Å². The number of carbonyl (C=O) groups excluding carboxylic acids is 1. The Kier molecular flexibility index (Phi) is 7.38. The number of halogens is 2. The molecule has 0 saturated carbocycles. The predicted octanol–water partition coefficient (Wildman–Crippen LogP) is 5.54. The normalized spacial score (nSPS) is 13.7. The Bertz CT molecular complexity index is 932. The average Bonchev–Trinajstić information content (AvgIpc) is 2.68. The van der Waals surface area contributed by atoms with E-state index in [2.05, 4.69) is 31.5 Å². The van der Waals surface area contributed by atoms with E-state index in [9.17, 15) is 4.79 Å². The van der Waals surface area contributed by atoms with Crippen LogP contribution in [0.1, 0.15) is 35.2 Å². The molecule has 2 aromatic carbocycles. The molecule has 5 nitrogen and oxygen atoms in total. The van der Waals surface area contributed by atoms with E-state index in [1.807, 2.05) is 31.2 Å². The van der Waals surface area contributed by atoms with Crippen molar-refractivity contribution in [1.82, 2.24) is 5.32 Å². The van der Waals surface area contributed by atoms with Crippen LogP contribution in [-0.2, 0) is 0 Å². The molecular weight excluding hydrogens is 474 g/mol. The average molecular weight is 497 g/mol. The number of hydrogen-bond donors (Lipinski definition) is 2. The number of nitrogens with zero attached hydrogens (tertiary/aromatic N) is 1. The van der Waals surface area contributed by atoms with Gasteiger partial charge in [0.05, 0.1) is 23.4 Å². The molecule has 2 N–H and O–H groups in total. The SMILES string of the molecule is COc1c(C)cc(Br)cc1C(=O)NC(=S)Nc1ccc(N2CCCCC2)c(Cl)c1. The lowest BCUT2D eigenvalue weighted by Gasteiger charge is -2.29. The highest BCUT2D eigenvalue weighted by Crippen LogP contribution is 2.31. The summed E-state index contributed by atoms with van der Waals surface area (Å²) in [4.78, 5) is 15.0. The van der Waals surface area contributed by atoms with E-state index < -0.39 is 0 Å². The highest BCUT2D eigenvalue weighted by atomic mass is 79.9. The molecule has 0 bridgehead atoms. The zero-order chi connectivity index (χ0) is 21.0. The van der Waals surface area contributed by atoms with Gasteiger partial charge in [0, 0.05) is 23.2 Å². The molecule has 154 valence electrons. The first-order chi connectivity index (χ1) is 13.9. The van der Waals surface area contributed by atoms with Crippen molar-refractivity contribution in [3.05, 3.63) is 51.0 Å². The number of thiocarbonyl (C=S) groups is 1. The van der Waals surface area contributed by atoms with Gasteiger partial charge in [-0.05, 0) is 74.3 Å². The molecule has 1 aliphatic rings. The molecule has 1 aliphatic heterocycles. The molecule has 0 aliphatic carbocycles. The fourth-order valence-electron chi connectivity index (χ4n) is 3.48. The first kappa shape index (κ1) is 21.9. The van der Waals surface area contributed by atoms with Crippen molar-refractivity contribution < 1.29 is 9.53 Å². The number of hydrogen-bond acceptors (Lipinski definition) is 4. The van der Waals surface area contributed by atoms with E-state index in [-0.39, 0.29) is 11.0 Å². The number of aryl methyl sites for hydroxylation is 1. The van der Waals surface area contributed by atoms with Crippen LogP contribution in [0.5, 0.6) is 5.75 Å². The van der Waals surface area contributed by atoms with Gasteiger partial charge in [-0.3, -0.25) is 10.1 Å². The Morgan fingerprint density at radius 1 is 1.21 bits per heavy atom. The predicted molar refractivity (Wildman–Crippen MR) is 127 cm³/mol. The van der Waals surface area contributed by atoms with Crippen molar-refractivity contribution in [3.63, 3.8) is 0 Å². The van der Waals surface area contributed by atoms with Crippen LogP contribution in [0.4, 0.5) is 11.4 Å². The number of benzene rings is 2. The van der Waals surface area contributed by atoms with Crippen molar-refractivity contribution in [3.8, 4) is 5.75 Å². The monoisotopic (exact) mass is 495 g/mol. The summed E-state index contributed by atoms with van der Waals surface area (Å²) in [7, 11) is 1.54. The molecule has 0 radical (unpaired) electrons. The van der Waals surface area contributed by atoms with E-state index in [1.54, 1.807) is 6.07 Å². The van der Waals surface area contributed by atoms with Gasteiger partial charge in [-0.1, -0.05) is 27.5 Å². The number of piperidine rings is 1. The van der Waals surface area contributed by atoms with Crippen molar-refractivity contribution in [1.29, 1.82) is 0 Å². The number of carbonyl (C=O) groups is 1. The Labute approximate surface area is 189 Å². The van der Waals surface area contributed by atoms with E-state index in [1.165, 1.54) is 26.4 Å². The number of methoxy groups -OCH3 is 1. The lowest BCUT2D eigenvalue weighted by molar-refractivity contribution is 0.0974. The van der Waals surface area contributed by atoms with Crippen LogP contribution >= 0.6 is 39.7 Å². The zero-order valence-corrected chi connectivity index (χ0v) is 19.5. The van der Waals surface area contributed by atoms with Crippen LogP contribution < -0.4 is 20.3 Å². The Morgan fingerprint density at radius 3 is 2.59 bits per heavy atom. The van der Waals surface area contributed by atoms with E-state index in [0.717, 1.165) is 34.5 Å². The molecule has 1 fully saturated rings. The quantitative estimate of drug-likeness (QED) is 0.545. The van der Waals surface area contributed by atoms with Crippen molar-refractivity contribution in [2.45, 2.75) is 26.2 Å². The molecule has 0 spiro atoms. The minimum absolute atomic E-state index is 0.191. The standard InChI is InChI=1S/C21H23BrClN3O2S/c1-13-10-14(22)11-16(19(13)28-2)20(27)25-21(29)24-15-6-7-18(17(23)12-15)26-8-4-3-5-9-26/h6-7,10-12H,3-5,8-9H2,1-2H3,(H2,24,25,27,29). The molecule has 1 amide bonds. The lowest BCUT2D eigenvalue weighted by atomic mass is 10.1. The number of ether oxygens (including phenoxy) is 1. The molecule has 0 aromatic heterocycles. The maximum Gasteiger partial charge on any atom is 0.261 e. The summed E-state index contributed by atoms with van der Waals surface area (Å²) in [5.41, 5.74) is 3.01. The number of nitrogens with one attached hydrogen (secondary N) is 2. The first-order valence-electron chi connectivity index (χ1n) is 9.40. The Balaban J connectivity index is 1.68. The summed E-state index contributed by atoms with van der Waals surface area (Å²) in [6, 6.07) is 9.32. The minimum atomic E-state index is -0.347. The molecule has 1 saturated heterocycles. The van der Waals surface area contributed by atoms with Gasteiger partial charge in [0.15, 0.2) is 5.11 Å². The van der Waals surface area contributed by atoms with E-state index >= 15 is 0 Å². The van der Waals surface area contributed by atoms with E-state index in [0.29, 0.717) is 16.3 Å². The third kappa shape index (κ3) is 5.41. The fourth-order valence-corrected chi connectivity index (χ4v) is 4.56. The topological polar surface area (TPSA) is 53.6 Å². The van der Waals surface area contributed by atoms with Gasteiger partial charge < -0.3 is 15.0 Å². The van der Waals surface area contributed by atoms with E-state index in [4.69, 9.17) is 28.6 Å². The molecule has 0 unspecified atom stereocenters. The molecule has 8 heteroatoms. The summed E-state index contributed by atoms with van der Waals surface area (Å²) in [5, 5.41) is 6.58.